The predicted octanol–water partition coefficient (Wildman–Crippen LogP) is 4.59. The molecule has 130 valence electrons. The topological polar surface area (TPSA) is 38.1 Å². The second-order valence-corrected chi connectivity index (χ2v) is 7.64. The Hall–Kier alpha value is -1.20. The first-order chi connectivity index (χ1) is 11.7. The minimum atomic E-state index is 0.232. The molecule has 1 aliphatic heterocycles. The fraction of sp³-hybridized carbons (Fsp3) is 0.556. The summed E-state index contributed by atoms with van der Waals surface area (Å²) in [5, 5.41) is 1.61. The Labute approximate surface area is 152 Å². The van der Waals surface area contributed by atoms with Crippen LogP contribution in [0.25, 0.3) is 11.0 Å². The molecule has 0 unspecified atom stereocenters. The maximum atomic E-state index is 12.5. The molecule has 0 aliphatic carbocycles. The van der Waals surface area contributed by atoms with Gasteiger partial charge in [-0.1, -0.05) is 43.1 Å². The molecule has 1 amide bonds. The molecule has 0 radical (unpaired) electrons. The molecule has 24 heavy (non-hydrogen) atoms. The van der Waals surface area contributed by atoms with Crippen molar-refractivity contribution in [3.05, 3.63) is 23.2 Å². The smallest absolute Gasteiger partial charge is 0.233 e. The lowest BCUT2D eigenvalue weighted by Crippen LogP contribution is -2.33. The molecule has 3 rings (SSSR count). The fourth-order valence-electron chi connectivity index (χ4n) is 3.17. The van der Waals surface area contributed by atoms with E-state index >= 15 is 0 Å². The van der Waals surface area contributed by atoms with E-state index in [-0.39, 0.29) is 5.91 Å². The summed E-state index contributed by atoms with van der Waals surface area (Å²) in [5.74, 6) is 0.691. The fourth-order valence-corrected chi connectivity index (χ4v) is 4.28. The molecule has 1 aliphatic rings. The first-order valence-electron chi connectivity index (χ1n) is 8.75. The number of halogens is 1. The summed E-state index contributed by atoms with van der Waals surface area (Å²) in [4.78, 5) is 19.2. The summed E-state index contributed by atoms with van der Waals surface area (Å²) in [6.45, 7) is 4.86. The monoisotopic (exact) mass is 365 g/mol. The molecule has 0 spiro atoms. The number of carbonyl (C=O) groups excluding carboxylic acids is 1. The van der Waals surface area contributed by atoms with E-state index in [0.717, 1.165) is 55.1 Å². The average Bonchev–Trinajstić information content (AvgIpc) is 2.76. The van der Waals surface area contributed by atoms with Gasteiger partial charge >= 0.3 is 0 Å². The summed E-state index contributed by atoms with van der Waals surface area (Å²) in [6.07, 6.45) is 5.77. The molecule has 1 aromatic heterocycles. The van der Waals surface area contributed by atoms with E-state index < -0.39 is 0 Å². The Bertz CT molecular complexity index is 708. The number of hydrogen-bond acceptors (Lipinski definition) is 3. The highest BCUT2D eigenvalue weighted by atomic mass is 35.5. The summed E-state index contributed by atoms with van der Waals surface area (Å²) in [7, 11) is 0. The number of rotatable bonds is 5. The number of aryl methyl sites for hydroxylation is 1. The highest BCUT2D eigenvalue weighted by molar-refractivity contribution is 7.99. The van der Waals surface area contributed by atoms with Crippen molar-refractivity contribution in [3.63, 3.8) is 0 Å². The molecule has 1 fully saturated rings. The number of benzene rings is 1. The maximum Gasteiger partial charge on any atom is 0.233 e. The Balaban J connectivity index is 1.74. The zero-order valence-corrected chi connectivity index (χ0v) is 15.7. The third-order valence-corrected chi connectivity index (χ3v) is 5.60. The van der Waals surface area contributed by atoms with Crippen LogP contribution in [0.15, 0.2) is 23.4 Å². The lowest BCUT2D eigenvalue weighted by atomic mass is 10.2. The first kappa shape index (κ1) is 17.6. The number of imidazole rings is 1. The van der Waals surface area contributed by atoms with E-state index in [2.05, 4.69) is 11.5 Å². The molecule has 0 saturated carbocycles. The van der Waals surface area contributed by atoms with Crippen molar-refractivity contribution < 1.29 is 4.79 Å². The third-order valence-electron chi connectivity index (χ3n) is 4.41. The third kappa shape index (κ3) is 4.06. The highest BCUT2D eigenvalue weighted by Crippen LogP contribution is 2.27. The van der Waals surface area contributed by atoms with Crippen molar-refractivity contribution in [1.82, 2.24) is 14.5 Å². The van der Waals surface area contributed by atoms with Gasteiger partial charge in [0.2, 0.25) is 5.91 Å². The number of likely N-dealkylation sites (tertiary alicyclic amines) is 1. The van der Waals surface area contributed by atoms with Crippen LogP contribution in [0.3, 0.4) is 0 Å². The van der Waals surface area contributed by atoms with Crippen LogP contribution in [-0.2, 0) is 11.3 Å². The zero-order chi connectivity index (χ0) is 16.9. The SMILES string of the molecule is CCCn1c(SCC(=O)N2CCCCCC2)nc2cc(Cl)ccc21. The Morgan fingerprint density at radius 3 is 2.71 bits per heavy atom. The van der Waals surface area contributed by atoms with E-state index in [1.54, 1.807) is 11.8 Å². The highest BCUT2D eigenvalue weighted by Gasteiger charge is 2.18. The summed E-state index contributed by atoms with van der Waals surface area (Å²) in [6, 6.07) is 5.80. The molecule has 2 heterocycles. The van der Waals surface area contributed by atoms with Crippen molar-refractivity contribution >= 4 is 40.3 Å². The second kappa shape index (κ2) is 8.26. The molecule has 2 aromatic rings. The minimum Gasteiger partial charge on any atom is -0.342 e. The van der Waals surface area contributed by atoms with Gasteiger partial charge in [0, 0.05) is 24.7 Å². The van der Waals surface area contributed by atoms with E-state index in [1.807, 2.05) is 23.1 Å². The van der Waals surface area contributed by atoms with Crippen LogP contribution in [0, 0.1) is 0 Å². The molecular weight excluding hydrogens is 342 g/mol. The number of thioether (sulfide) groups is 1. The van der Waals surface area contributed by atoms with Crippen molar-refractivity contribution in [1.29, 1.82) is 0 Å². The number of amides is 1. The Morgan fingerprint density at radius 1 is 1.25 bits per heavy atom. The Morgan fingerprint density at radius 2 is 2.00 bits per heavy atom. The van der Waals surface area contributed by atoms with Gasteiger partial charge in [0.25, 0.3) is 0 Å². The van der Waals surface area contributed by atoms with Gasteiger partial charge in [-0.3, -0.25) is 4.79 Å². The average molecular weight is 366 g/mol. The van der Waals surface area contributed by atoms with Gasteiger partial charge in [-0.25, -0.2) is 4.98 Å². The number of hydrogen-bond donors (Lipinski definition) is 0. The first-order valence-corrected chi connectivity index (χ1v) is 10.1. The maximum absolute atomic E-state index is 12.5. The van der Waals surface area contributed by atoms with Crippen molar-refractivity contribution in [2.75, 3.05) is 18.8 Å². The van der Waals surface area contributed by atoms with Crippen LogP contribution < -0.4 is 0 Å². The standard InChI is InChI=1S/C18H24ClN3OS/c1-2-9-22-16-8-7-14(19)12-15(16)20-18(22)24-13-17(23)21-10-5-3-4-6-11-21/h7-8,12H,2-6,9-11,13H2,1H3. The van der Waals surface area contributed by atoms with Crippen molar-refractivity contribution in [2.24, 2.45) is 0 Å². The molecule has 0 N–H and O–H groups in total. The second-order valence-electron chi connectivity index (χ2n) is 6.26. The van der Waals surface area contributed by atoms with E-state index in [0.29, 0.717) is 10.8 Å². The zero-order valence-electron chi connectivity index (χ0n) is 14.1. The van der Waals surface area contributed by atoms with Gasteiger partial charge in [-0.2, -0.15) is 0 Å². The number of nitrogens with zero attached hydrogens (tertiary/aromatic N) is 3. The lowest BCUT2D eigenvalue weighted by Gasteiger charge is -2.20. The predicted molar refractivity (Wildman–Crippen MR) is 101 cm³/mol. The normalized spacial score (nSPS) is 15.7. The Kier molecular flexibility index (Phi) is 6.06. The summed E-state index contributed by atoms with van der Waals surface area (Å²) >= 11 is 7.63. The lowest BCUT2D eigenvalue weighted by molar-refractivity contribution is -0.128. The largest absolute Gasteiger partial charge is 0.342 e. The molecule has 0 bridgehead atoms. The van der Waals surface area contributed by atoms with E-state index in [4.69, 9.17) is 16.6 Å². The van der Waals surface area contributed by atoms with Gasteiger partial charge in [-0.05, 0) is 37.5 Å². The van der Waals surface area contributed by atoms with E-state index in [9.17, 15) is 4.79 Å². The van der Waals surface area contributed by atoms with Crippen LogP contribution in [0.2, 0.25) is 5.02 Å². The molecule has 6 heteroatoms. The van der Waals surface area contributed by atoms with Crippen LogP contribution in [0.5, 0.6) is 0 Å². The minimum absolute atomic E-state index is 0.232. The van der Waals surface area contributed by atoms with Crippen LogP contribution in [0.4, 0.5) is 0 Å². The molecule has 1 saturated heterocycles. The van der Waals surface area contributed by atoms with Gasteiger partial charge in [-0.15, -0.1) is 0 Å². The molecule has 4 nitrogen and oxygen atoms in total. The molecule has 0 atom stereocenters. The summed E-state index contributed by atoms with van der Waals surface area (Å²) < 4.78 is 2.20. The number of fused-ring (bicyclic) bond motifs is 1. The van der Waals surface area contributed by atoms with Crippen LogP contribution >= 0.6 is 23.4 Å². The molecular formula is C18H24ClN3OS. The van der Waals surface area contributed by atoms with Crippen molar-refractivity contribution in [3.8, 4) is 0 Å². The quantitative estimate of drug-likeness (QED) is 0.727. The van der Waals surface area contributed by atoms with Gasteiger partial charge in [0.1, 0.15) is 0 Å². The number of aromatic nitrogens is 2. The summed E-state index contributed by atoms with van der Waals surface area (Å²) in [5.41, 5.74) is 1.99. The van der Waals surface area contributed by atoms with Crippen molar-refractivity contribution in [2.45, 2.75) is 50.7 Å². The number of carbonyl (C=O) groups is 1. The van der Waals surface area contributed by atoms with Crippen LogP contribution in [0.1, 0.15) is 39.0 Å². The van der Waals surface area contributed by atoms with E-state index in [1.165, 1.54) is 12.8 Å². The van der Waals surface area contributed by atoms with Gasteiger partial charge in [0.15, 0.2) is 5.16 Å². The van der Waals surface area contributed by atoms with Gasteiger partial charge < -0.3 is 9.47 Å². The molecule has 1 aromatic carbocycles. The van der Waals surface area contributed by atoms with Gasteiger partial charge in [0.05, 0.1) is 16.8 Å². The van der Waals surface area contributed by atoms with Crippen LogP contribution in [-0.4, -0.2) is 39.2 Å².